The lowest BCUT2D eigenvalue weighted by atomic mass is 9.84. The summed E-state index contributed by atoms with van der Waals surface area (Å²) < 4.78 is 5.36. The van der Waals surface area contributed by atoms with E-state index in [-0.39, 0.29) is 17.2 Å². The van der Waals surface area contributed by atoms with E-state index in [1.807, 2.05) is 13.0 Å². The Balaban J connectivity index is 2.23. The second kappa shape index (κ2) is 5.43. The molecule has 104 valence electrons. The molecule has 0 radical (unpaired) electrons. The molecule has 3 heteroatoms. The molecule has 1 aliphatic rings. The van der Waals surface area contributed by atoms with Crippen LogP contribution in [-0.2, 0) is 10.2 Å². The molecule has 0 spiro atoms. The van der Waals surface area contributed by atoms with Gasteiger partial charge in [0.1, 0.15) is 0 Å². The molecule has 0 amide bonds. The number of ether oxygens (including phenoxy) is 1. The number of benzene rings is 1. The fourth-order valence-electron chi connectivity index (χ4n) is 2.33. The van der Waals surface area contributed by atoms with Crippen LogP contribution in [0.3, 0.4) is 0 Å². The number of ketones is 1. The van der Waals surface area contributed by atoms with Crippen LogP contribution in [0, 0.1) is 6.92 Å². The van der Waals surface area contributed by atoms with Crippen molar-refractivity contribution in [3.63, 3.8) is 0 Å². The van der Waals surface area contributed by atoms with Crippen LogP contribution in [0.2, 0.25) is 0 Å². The third kappa shape index (κ3) is 3.23. The van der Waals surface area contributed by atoms with Crippen molar-refractivity contribution >= 4 is 5.78 Å². The van der Waals surface area contributed by atoms with E-state index in [4.69, 9.17) is 4.74 Å². The fraction of sp³-hybridized carbons (Fsp3) is 0.562. The Morgan fingerprint density at radius 3 is 2.63 bits per heavy atom. The molecule has 1 heterocycles. The summed E-state index contributed by atoms with van der Waals surface area (Å²) in [5, 5.41) is 3.21. The first-order valence-corrected chi connectivity index (χ1v) is 6.86. The van der Waals surface area contributed by atoms with Gasteiger partial charge in [-0.2, -0.15) is 0 Å². The molecule has 1 N–H and O–H groups in total. The summed E-state index contributed by atoms with van der Waals surface area (Å²) in [7, 11) is 0. The van der Waals surface area contributed by atoms with E-state index in [2.05, 4.69) is 38.2 Å². The Bertz CT molecular complexity index is 468. The lowest BCUT2D eigenvalue weighted by Gasteiger charge is -2.24. The van der Waals surface area contributed by atoms with Crippen molar-refractivity contribution in [2.24, 2.45) is 0 Å². The predicted octanol–water partition coefficient (Wildman–Crippen LogP) is 2.46. The Morgan fingerprint density at radius 2 is 2.11 bits per heavy atom. The molecule has 0 saturated carbocycles. The summed E-state index contributed by atoms with van der Waals surface area (Å²) >= 11 is 0. The van der Waals surface area contributed by atoms with Crippen LogP contribution < -0.4 is 5.32 Å². The topological polar surface area (TPSA) is 38.3 Å². The zero-order chi connectivity index (χ0) is 14.0. The third-order valence-corrected chi connectivity index (χ3v) is 3.60. The Morgan fingerprint density at radius 1 is 1.37 bits per heavy atom. The summed E-state index contributed by atoms with van der Waals surface area (Å²) in [6.45, 7) is 10.5. The first kappa shape index (κ1) is 14.2. The lowest BCUT2D eigenvalue weighted by molar-refractivity contribution is 0.0607. The highest BCUT2D eigenvalue weighted by Crippen LogP contribution is 2.25. The first-order valence-electron chi connectivity index (χ1n) is 6.86. The van der Waals surface area contributed by atoms with Crippen molar-refractivity contribution in [3.05, 3.63) is 34.9 Å². The van der Waals surface area contributed by atoms with Gasteiger partial charge < -0.3 is 10.1 Å². The normalized spacial score (nSPS) is 20.3. The van der Waals surface area contributed by atoms with E-state index in [1.54, 1.807) is 0 Å². The average Bonchev–Trinajstić information content (AvgIpc) is 2.38. The largest absolute Gasteiger partial charge is 0.378 e. The maximum absolute atomic E-state index is 12.4. The van der Waals surface area contributed by atoms with Crippen LogP contribution in [0.15, 0.2) is 18.2 Å². The number of hydrogen-bond donors (Lipinski definition) is 1. The van der Waals surface area contributed by atoms with Gasteiger partial charge in [-0.1, -0.05) is 39.0 Å². The van der Waals surface area contributed by atoms with E-state index >= 15 is 0 Å². The summed E-state index contributed by atoms with van der Waals surface area (Å²) in [4.78, 5) is 12.4. The Kier molecular flexibility index (Phi) is 4.07. The van der Waals surface area contributed by atoms with Gasteiger partial charge in [-0.3, -0.25) is 4.79 Å². The van der Waals surface area contributed by atoms with Gasteiger partial charge in [-0.15, -0.1) is 0 Å². The molecular weight excluding hydrogens is 238 g/mol. The molecular formula is C16H23NO2. The van der Waals surface area contributed by atoms with Crippen LogP contribution in [0.25, 0.3) is 0 Å². The number of aryl methyl sites for hydroxylation is 1. The summed E-state index contributed by atoms with van der Waals surface area (Å²) in [6, 6.07) is 5.93. The van der Waals surface area contributed by atoms with E-state index < -0.39 is 0 Å². The van der Waals surface area contributed by atoms with Crippen molar-refractivity contribution in [2.75, 3.05) is 19.8 Å². The maximum atomic E-state index is 12.4. The Hall–Kier alpha value is -1.19. The molecule has 0 aromatic heterocycles. The van der Waals surface area contributed by atoms with E-state index in [9.17, 15) is 4.79 Å². The molecule has 3 nitrogen and oxygen atoms in total. The summed E-state index contributed by atoms with van der Waals surface area (Å²) in [5.74, 6) is 0.137. The van der Waals surface area contributed by atoms with Crippen LogP contribution in [0.1, 0.15) is 42.3 Å². The monoisotopic (exact) mass is 261 g/mol. The van der Waals surface area contributed by atoms with Crippen LogP contribution >= 0.6 is 0 Å². The molecule has 1 fully saturated rings. The molecule has 1 saturated heterocycles. The van der Waals surface area contributed by atoms with Gasteiger partial charge in [-0.25, -0.2) is 0 Å². The number of Topliss-reactive ketones (excluding diaryl/α,β-unsaturated/α-hetero) is 1. The quantitative estimate of drug-likeness (QED) is 0.831. The van der Waals surface area contributed by atoms with E-state index in [0.717, 1.165) is 17.7 Å². The number of rotatable bonds is 2. The van der Waals surface area contributed by atoms with Gasteiger partial charge in [0.05, 0.1) is 19.3 Å². The maximum Gasteiger partial charge on any atom is 0.182 e. The Labute approximate surface area is 115 Å². The molecule has 1 aliphatic heterocycles. The smallest absolute Gasteiger partial charge is 0.182 e. The van der Waals surface area contributed by atoms with Gasteiger partial charge >= 0.3 is 0 Å². The van der Waals surface area contributed by atoms with Gasteiger partial charge in [0.15, 0.2) is 5.78 Å². The number of hydrogen-bond acceptors (Lipinski definition) is 3. The van der Waals surface area contributed by atoms with E-state index in [1.165, 1.54) is 5.56 Å². The number of carbonyl (C=O) groups is 1. The zero-order valence-electron chi connectivity index (χ0n) is 12.2. The lowest BCUT2D eigenvalue weighted by Crippen LogP contribution is -2.46. The molecule has 0 aliphatic carbocycles. The second-order valence-electron chi connectivity index (χ2n) is 6.23. The zero-order valence-corrected chi connectivity index (χ0v) is 12.2. The van der Waals surface area contributed by atoms with Crippen molar-refractivity contribution in [1.82, 2.24) is 5.32 Å². The van der Waals surface area contributed by atoms with Gasteiger partial charge in [0.25, 0.3) is 0 Å². The van der Waals surface area contributed by atoms with Crippen LogP contribution in [-0.4, -0.2) is 31.6 Å². The molecule has 1 atom stereocenters. The fourth-order valence-corrected chi connectivity index (χ4v) is 2.33. The molecule has 2 rings (SSSR count). The SMILES string of the molecule is Cc1cc(C(C)(C)C)ccc1C(=O)C1COCCN1. The second-order valence-corrected chi connectivity index (χ2v) is 6.23. The minimum atomic E-state index is -0.201. The van der Waals surface area contributed by atoms with Crippen molar-refractivity contribution in [1.29, 1.82) is 0 Å². The number of nitrogens with one attached hydrogen (secondary N) is 1. The molecule has 1 aromatic carbocycles. The van der Waals surface area contributed by atoms with E-state index in [0.29, 0.717) is 13.2 Å². The summed E-state index contributed by atoms with van der Waals surface area (Å²) in [5.41, 5.74) is 3.22. The average molecular weight is 261 g/mol. The highest BCUT2D eigenvalue weighted by molar-refractivity contribution is 6.01. The molecule has 1 aromatic rings. The van der Waals surface area contributed by atoms with Crippen LogP contribution in [0.5, 0.6) is 0 Å². The summed E-state index contributed by atoms with van der Waals surface area (Å²) in [6.07, 6.45) is 0. The van der Waals surface area contributed by atoms with Crippen LogP contribution in [0.4, 0.5) is 0 Å². The van der Waals surface area contributed by atoms with Crippen molar-refractivity contribution in [3.8, 4) is 0 Å². The van der Waals surface area contributed by atoms with Crippen molar-refractivity contribution < 1.29 is 9.53 Å². The first-order chi connectivity index (χ1) is 8.89. The highest BCUT2D eigenvalue weighted by Gasteiger charge is 2.24. The molecule has 1 unspecified atom stereocenters. The minimum Gasteiger partial charge on any atom is -0.378 e. The molecule has 0 bridgehead atoms. The third-order valence-electron chi connectivity index (χ3n) is 3.60. The van der Waals surface area contributed by atoms with Gasteiger partial charge in [-0.05, 0) is 23.5 Å². The van der Waals surface area contributed by atoms with Gasteiger partial charge in [0, 0.05) is 12.1 Å². The molecule has 19 heavy (non-hydrogen) atoms. The number of carbonyl (C=O) groups excluding carboxylic acids is 1. The minimum absolute atomic E-state index is 0.110. The predicted molar refractivity (Wildman–Crippen MR) is 76.8 cm³/mol. The highest BCUT2D eigenvalue weighted by atomic mass is 16.5. The van der Waals surface area contributed by atoms with Gasteiger partial charge in [0.2, 0.25) is 0 Å². The van der Waals surface area contributed by atoms with Crippen molar-refractivity contribution in [2.45, 2.75) is 39.2 Å². The standard InChI is InChI=1S/C16H23NO2/c1-11-9-12(16(2,3)4)5-6-13(11)15(18)14-10-19-8-7-17-14/h5-6,9,14,17H,7-8,10H2,1-4H3. The number of morpholine rings is 1.